The van der Waals surface area contributed by atoms with Gasteiger partial charge in [-0.25, -0.2) is 0 Å². The Labute approximate surface area is 151 Å². The standard InChI is InChI=1S/C21H29NO3/c1-5-14-25-19-12-10-17(15-20(19)24-4)11-13-21(23)22(16(2)3)18-8-6-7-9-18/h5,10-13,15-16,18H,1,6-9,14H2,2-4H3/b13-11+. The van der Waals surface area contributed by atoms with Gasteiger partial charge in [-0.3, -0.25) is 4.79 Å². The lowest BCUT2D eigenvalue weighted by atomic mass is 10.1. The number of hydrogen-bond donors (Lipinski definition) is 0. The molecule has 0 atom stereocenters. The first-order valence-corrected chi connectivity index (χ1v) is 8.99. The quantitative estimate of drug-likeness (QED) is 0.517. The fraction of sp³-hybridized carbons (Fsp3) is 0.476. The maximum absolute atomic E-state index is 12.7. The van der Waals surface area contributed by atoms with Crippen molar-refractivity contribution in [2.24, 2.45) is 0 Å². The van der Waals surface area contributed by atoms with Crippen LogP contribution in [0.15, 0.2) is 36.9 Å². The van der Waals surface area contributed by atoms with Crippen LogP contribution < -0.4 is 9.47 Å². The molecule has 0 N–H and O–H groups in total. The van der Waals surface area contributed by atoms with Gasteiger partial charge in [-0.05, 0) is 50.5 Å². The number of rotatable bonds is 8. The number of ether oxygens (including phenoxy) is 2. The number of methoxy groups -OCH3 is 1. The van der Waals surface area contributed by atoms with Gasteiger partial charge in [0.15, 0.2) is 11.5 Å². The van der Waals surface area contributed by atoms with Crippen molar-refractivity contribution in [1.82, 2.24) is 4.90 Å². The van der Waals surface area contributed by atoms with Crippen molar-refractivity contribution in [3.63, 3.8) is 0 Å². The van der Waals surface area contributed by atoms with Crippen LogP contribution >= 0.6 is 0 Å². The molecule has 1 fully saturated rings. The number of nitrogens with zero attached hydrogens (tertiary/aromatic N) is 1. The summed E-state index contributed by atoms with van der Waals surface area (Å²) in [5.41, 5.74) is 0.909. The first kappa shape index (κ1) is 19.1. The van der Waals surface area contributed by atoms with E-state index in [9.17, 15) is 4.79 Å². The van der Waals surface area contributed by atoms with Crippen LogP contribution in [0.25, 0.3) is 6.08 Å². The zero-order chi connectivity index (χ0) is 18.2. The van der Waals surface area contributed by atoms with Crippen LogP contribution in [0.3, 0.4) is 0 Å². The Morgan fingerprint density at radius 3 is 2.64 bits per heavy atom. The van der Waals surface area contributed by atoms with E-state index in [0.717, 1.165) is 18.4 Å². The molecule has 4 nitrogen and oxygen atoms in total. The second kappa shape index (κ2) is 9.30. The van der Waals surface area contributed by atoms with E-state index in [1.165, 1.54) is 12.8 Å². The van der Waals surface area contributed by atoms with Crippen LogP contribution in [-0.4, -0.2) is 36.6 Å². The summed E-state index contributed by atoms with van der Waals surface area (Å²) in [4.78, 5) is 14.7. The molecule has 136 valence electrons. The summed E-state index contributed by atoms with van der Waals surface area (Å²) in [5.74, 6) is 1.39. The summed E-state index contributed by atoms with van der Waals surface area (Å²) >= 11 is 0. The van der Waals surface area contributed by atoms with Gasteiger partial charge >= 0.3 is 0 Å². The van der Waals surface area contributed by atoms with E-state index in [0.29, 0.717) is 24.1 Å². The number of carbonyl (C=O) groups is 1. The maximum atomic E-state index is 12.7. The maximum Gasteiger partial charge on any atom is 0.247 e. The second-order valence-electron chi connectivity index (χ2n) is 6.62. The minimum absolute atomic E-state index is 0.0767. The molecule has 0 aliphatic heterocycles. The van der Waals surface area contributed by atoms with E-state index in [1.54, 1.807) is 19.3 Å². The highest BCUT2D eigenvalue weighted by Gasteiger charge is 2.27. The predicted octanol–water partition coefficient (Wildman–Crippen LogP) is 4.45. The van der Waals surface area contributed by atoms with Crippen molar-refractivity contribution in [2.75, 3.05) is 13.7 Å². The predicted molar refractivity (Wildman–Crippen MR) is 102 cm³/mol. The van der Waals surface area contributed by atoms with Crippen LogP contribution in [-0.2, 0) is 4.79 Å². The van der Waals surface area contributed by atoms with E-state index in [4.69, 9.17) is 9.47 Å². The summed E-state index contributed by atoms with van der Waals surface area (Å²) in [6.45, 7) is 8.23. The third-order valence-corrected chi connectivity index (χ3v) is 4.49. The number of amides is 1. The molecule has 0 bridgehead atoms. The highest BCUT2D eigenvalue weighted by molar-refractivity contribution is 5.92. The fourth-order valence-corrected chi connectivity index (χ4v) is 3.35. The minimum Gasteiger partial charge on any atom is -0.493 e. The summed E-state index contributed by atoms with van der Waals surface area (Å²) in [7, 11) is 1.61. The van der Waals surface area contributed by atoms with E-state index in [2.05, 4.69) is 20.4 Å². The molecule has 0 saturated heterocycles. The Balaban J connectivity index is 2.11. The van der Waals surface area contributed by atoms with Crippen LogP contribution in [0.5, 0.6) is 11.5 Å². The van der Waals surface area contributed by atoms with Gasteiger partial charge < -0.3 is 14.4 Å². The number of carbonyl (C=O) groups excluding carboxylic acids is 1. The van der Waals surface area contributed by atoms with Crippen molar-refractivity contribution in [3.05, 3.63) is 42.5 Å². The van der Waals surface area contributed by atoms with E-state index in [1.807, 2.05) is 29.2 Å². The van der Waals surface area contributed by atoms with Crippen LogP contribution in [0.4, 0.5) is 0 Å². The molecule has 1 aromatic rings. The first-order chi connectivity index (χ1) is 12.1. The Morgan fingerprint density at radius 2 is 2.04 bits per heavy atom. The van der Waals surface area contributed by atoms with Gasteiger partial charge in [-0.15, -0.1) is 0 Å². The molecule has 4 heteroatoms. The molecular formula is C21H29NO3. The highest BCUT2D eigenvalue weighted by Crippen LogP contribution is 2.29. The van der Waals surface area contributed by atoms with Gasteiger partial charge in [0.25, 0.3) is 0 Å². The smallest absolute Gasteiger partial charge is 0.247 e. The van der Waals surface area contributed by atoms with E-state index < -0.39 is 0 Å². The van der Waals surface area contributed by atoms with Crippen LogP contribution in [0, 0.1) is 0 Å². The molecule has 2 rings (SSSR count). The lowest BCUT2D eigenvalue weighted by Crippen LogP contribution is -2.42. The molecule has 1 aliphatic rings. The molecule has 1 aromatic carbocycles. The van der Waals surface area contributed by atoms with Crippen molar-refractivity contribution in [3.8, 4) is 11.5 Å². The summed E-state index contributed by atoms with van der Waals surface area (Å²) in [6, 6.07) is 6.23. The second-order valence-corrected chi connectivity index (χ2v) is 6.62. The van der Waals surface area contributed by atoms with Crippen molar-refractivity contribution in [1.29, 1.82) is 0 Å². The average molecular weight is 343 g/mol. The van der Waals surface area contributed by atoms with E-state index in [-0.39, 0.29) is 11.9 Å². The summed E-state index contributed by atoms with van der Waals surface area (Å²) in [5, 5.41) is 0. The SMILES string of the molecule is C=CCOc1ccc(/C=C/C(=O)N(C(C)C)C2CCCC2)cc1OC. The largest absolute Gasteiger partial charge is 0.493 e. The molecule has 0 unspecified atom stereocenters. The zero-order valence-electron chi connectivity index (χ0n) is 15.5. The van der Waals surface area contributed by atoms with Gasteiger partial charge in [-0.2, -0.15) is 0 Å². The Morgan fingerprint density at radius 1 is 1.32 bits per heavy atom. The lowest BCUT2D eigenvalue weighted by Gasteiger charge is -2.31. The monoisotopic (exact) mass is 343 g/mol. The average Bonchev–Trinajstić information content (AvgIpc) is 3.12. The van der Waals surface area contributed by atoms with Gasteiger partial charge in [0.05, 0.1) is 7.11 Å². The highest BCUT2D eigenvalue weighted by atomic mass is 16.5. The van der Waals surface area contributed by atoms with E-state index >= 15 is 0 Å². The molecule has 25 heavy (non-hydrogen) atoms. The topological polar surface area (TPSA) is 38.8 Å². The van der Waals surface area contributed by atoms with Gasteiger partial charge in [-0.1, -0.05) is 31.6 Å². The third kappa shape index (κ3) is 5.12. The van der Waals surface area contributed by atoms with Crippen molar-refractivity contribution < 1.29 is 14.3 Å². The molecule has 0 aromatic heterocycles. The van der Waals surface area contributed by atoms with Crippen LogP contribution in [0.2, 0.25) is 0 Å². The van der Waals surface area contributed by atoms with Gasteiger partial charge in [0.2, 0.25) is 5.91 Å². The first-order valence-electron chi connectivity index (χ1n) is 8.99. The summed E-state index contributed by atoms with van der Waals surface area (Å²) in [6.07, 6.45) is 9.85. The Hall–Kier alpha value is -2.23. The van der Waals surface area contributed by atoms with Crippen molar-refractivity contribution >= 4 is 12.0 Å². The number of hydrogen-bond acceptors (Lipinski definition) is 3. The molecular weight excluding hydrogens is 314 g/mol. The van der Waals surface area contributed by atoms with Crippen molar-refractivity contribution in [2.45, 2.75) is 51.6 Å². The summed E-state index contributed by atoms with van der Waals surface area (Å²) < 4.78 is 10.9. The fourth-order valence-electron chi connectivity index (χ4n) is 3.35. The molecule has 0 spiro atoms. The number of benzene rings is 1. The van der Waals surface area contributed by atoms with Crippen LogP contribution in [0.1, 0.15) is 45.1 Å². The molecule has 0 radical (unpaired) electrons. The molecule has 1 amide bonds. The molecule has 0 heterocycles. The third-order valence-electron chi connectivity index (χ3n) is 4.49. The molecule has 1 aliphatic carbocycles. The normalized spacial score (nSPS) is 14.9. The lowest BCUT2D eigenvalue weighted by molar-refractivity contribution is -0.130. The zero-order valence-corrected chi connectivity index (χ0v) is 15.5. The van der Waals surface area contributed by atoms with Gasteiger partial charge in [0, 0.05) is 18.2 Å². The minimum atomic E-state index is 0.0767. The Bertz CT molecular complexity index is 616. The molecule has 1 saturated carbocycles. The Kier molecular flexibility index (Phi) is 7.11. The van der Waals surface area contributed by atoms with Gasteiger partial charge in [0.1, 0.15) is 6.61 Å².